The van der Waals surface area contributed by atoms with Gasteiger partial charge in [-0.2, -0.15) is 4.58 Å². The van der Waals surface area contributed by atoms with Gasteiger partial charge in [0.1, 0.15) is 31.3 Å². The summed E-state index contributed by atoms with van der Waals surface area (Å²) < 4.78 is 5.79. The molecule has 0 radical (unpaired) electrons. The lowest BCUT2D eigenvalue weighted by molar-refractivity contribution is -0.438. The van der Waals surface area contributed by atoms with Crippen LogP contribution in [0.1, 0.15) is 116 Å². The van der Waals surface area contributed by atoms with Crippen molar-refractivity contribution < 1.29 is 31.4 Å². The van der Waals surface area contributed by atoms with Crippen LogP contribution in [-0.2, 0) is 23.9 Å². The number of rotatable bonds is 19. The van der Waals surface area contributed by atoms with Crippen molar-refractivity contribution in [3.63, 3.8) is 0 Å². The molecule has 3 aliphatic rings. The standard InChI is InChI=1S/C49H61N8O4.BrH/c1-37-38(25-27-44-48(2,3)40-21-10-12-23-42(40)54(44)33-16-8-6-14-31-52-35-29-50-46(52)56(58)59)19-18-20-39(37)26-28-45-49(4,5)41-22-11-13-24-43(41)55(45)34-17-9-7-15-32-53-36-30-51-47(53)57(60)61;/h10-13,21-30,35-36H,6-9,14-20,31-34H2,1-5H3;1H/q+1;/p-1. The second kappa shape index (κ2) is 20.2. The van der Waals surface area contributed by atoms with Gasteiger partial charge in [0.2, 0.25) is 5.69 Å². The Balaban J connectivity index is 0.00000641. The molecule has 0 atom stereocenters. The van der Waals surface area contributed by atoms with E-state index in [1.54, 1.807) is 21.5 Å². The van der Waals surface area contributed by atoms with E-state index in [0.717, 1.165) is 83.7 Å². The van der Waals surface area contributed by atoms with Gasteiger partial charge in [0.05, 0.1) is 18.5 Å². The summed E-state index contributed by atoms with van der Waals surface area (Å²) >= 11 is 0. The van der Waals surface area contributed by atoms with Crippen LogP contribution >= 0.6 is 0 Å². The van der Waals surface area contributed by atoms with Crippen LogP contribution in [0.4, 0.5) is 23.3 Å². The van der Waals surface area contributed by atoms with E-state index in [9.17, 15) is 20.2 Å². The summed E-state index contributed by atoms with van der Waals surface area (Å²) in [5.74, 6) is -0.173. The molecule has 62 heavy (non-hydrogen) atoms. The van der Waals surface area contributed by atoms with Crippen molar-refractivity contribution in [2.75, 3.05) is 18.0 Å². The predicted octanol–water partition coefficient (Wildman–Crippen LogP) is 8.46. The first-order chi connectivity index (χ1) is 29.4. The fourth-order valence-corrected chi connectivity index (χ4v) is 9.70. The minimum absolute atomic E-state index is 0. The first-order valence-corrected chi connectivity index (χ1v) is 22.1. The molecule has 0 spiro atoms. The molecule has 2 aromatic carbocycles. The van der Waals surface area contributed by atoms with Crippen molar-refractivity contribution in [2.45, 2.75) is 129 Å². The molecule has 2 aromatic heterocycles. The van der Waals surface area contributed by atoms with Gasteiger partial charge in [-0.1, -0.05) is 91.6 Å². The smallest absolute Gasteiger partial charge is 0.434 e. The van der Waals surface area contributed by atoms with E-state index in [1.165, 1.54) is 63.0 Å². The summed E-state index contributed by atoms with van der Waals surface area (Å²) in [4.78, 5) is 32.0. The number of hydrogen-bond donors (Lipinski definition) is 0. The first kappa shape index (κ1) is 46.1. The van der Waals surface area contributed by atoms with Crippen molar-refractivity contribution in [2.24, 2.45) is 0 Å². The zero-order valence-electron chi connectivity index (χ0n) is 36.9. The summed E-state index contributed by atoms with van der Waals surface area (Å²) in [6.45, 7) is 14.7. The third-order valence-corrected chi connectivity index (χ3v) is 13.1. The van der Waals surface area contributed by atoms with E-state index in [1.807, 2.05) is 0 Å². The number of aromatic nitrogens is 4. The van der Waals surface area contributed by atoms with Crippen molar-refractivity contribution in [1.82, 2.24) is 19.1 Å². The molecule has 13 heteroatoms. The van der Waals surface area contributed by atoms with Crippen LogP contribution < -0.4 is 21.9 Å². The number of hydrogen-bond acceptors (Lipinski definition) is 7. The highest BCUT2D eigenvalue weighted by molar-refractivity contribution is 6.03. The van der Waals surface area contributed by atoms with Gasteiger partial charge in [-0.3, -0.25) is 0 Å². The number of allylic oxidation sites excluding steroid dienone is 8. The van der Waals surface area contributed by atoms with E-state index >= 15 is 0 Å². The van der Waals surface area contributed by atoms with Crippen LogP contribution in [0.2, 0.25) is 0 Å². The number of para-hydroxylation sites is 2. The summed E-state index contributed by atoms with van der Waals surface area (Å²) in [5.41, 5.74) is 11.8. The monoisotopic (exact) mass is 904 g/mol. The molecule has 0 amide bonds. The zero-order valence-corrected chi connectivity index (χ0v) is 38.5. The van der Waals surface area contributed by atoms with Gasteiger partial charge in [0, 0.05) is 47.5 Å². The topological polar surface area (TPSA) is 128 Å². The highest BCUT2D eigenvalue weighted by atomic mass is 79.9. The molecule has 12 nitrogen and oxygen atoms in total. The van der Waals surface area contributed by atoms with Crippen LogP contribution in [0, 0.1) is 20.2 Å². The van der Waals surface area contributed by atoms with Crippen molar-refractivity contribution >= 4 is 29.0 Å². The van der Waals surface area contributed by atoms with E-state index in [2.05, 4.69) is 127 Å². The summed E-state index contributed by atoms with van der Waals surface area (Å²) in [7, 11) is 0. The van der Waals surface area contributed by atoms with Gasteiger partial charge < -0.3 is 42.1 Å². The molecule has 0 saturated carbocycles. The number of anilines is 1. The maximum absolute atomic E-state index is 11.3. The first-order valence-electron chi connectivity index (χ1n) is 22.1. The molecule has 328 valence electrons. The lowest BCUT2D eigenvalue weighted by Crippen LogP contribution is -3.00. The molecule has 4 heterocycles. The van der Waals surface area contributed by atoms with Crippen molar-refractivity contribution in [3.8, 4) is 0 Å². The second-order valence-electron chi connectivity index (χ2n) is 17.7. The van der Waals surface area contributed by atoms with Crippen LogP contribution in [-0.4, -0.2) is 52.3 Å². The minimum Gasteiger partial charge on any atom is -1.00 e. The SMILES string of the molecule is CC1=C(/C=C/C2=[N+](CCCCCCn3ccnc3[N+](=O)[O-])c3ccccc3C2(C)C)CCC/C1=C\C=C1N(CCCCCCn2ccnc2[N+](=O)[O-])c2ccccc2C1(C)C.[Br-]. The predicted molar refractivity (Wildman–Crippen MR) is 243 cm³/mol. The zero-order chi connectivity index (χ0) is 43.1. The van der Waals surface area contributed by atoms with E-state index in [0.29, 0.717) is 13.1 Å². The van der Waals surface area contributed by atoms with Gasteiger partial charge >= 0.3 is 11.9 Å². The molecule has 0 saturated heterocycles. The maximum atomic E-state index is 11.3. The molecule has 2 aliphatic heterocycles. The highest BCUT2D eigenvalue weighted by Crippen LogP contribution is 2.48. The molecule has 0 N–H and O–H groups in total. The average molecular weight is 906 g/mol. The number of nitrogens with zero attached hydrogens (tertiary/aromatic N) is 8. The normalized spacial score (nSPS) is 17.9. The minimum atomic E-state index is -0.417. The molecular weight excluding hydrogens is 844 g/mol. The van der Waals surface area contributed by atoms with Gasteiger partial charge in [0.15, 0.2) is 5.71 Å². The lowest BCUT2D eigenvalue weighted by Gasteiger charge is -2.27. The Hall–Kier alpha value is -5.43. The van der Waals surface area contributed by atoms with Crippen molar-refractivity contribution in [1.29, 1.82) is 0 Å². The average Bonchev–Trinajstić information content (AvgIpc) is 4.01. The van der Waals surface area contributed by atoms with E-state index < -0.39 is 9.85 Å². The summed E-state index contributed by atoms with van der Waals surface area (Å²) in [6, 6.07) is 17.6. The van der Waals surface area contributed by atoms with Gasteiger partial charge in [-0.15, -0.1) is 0 Å². The number of imidazole rings is 2. The Labute approximate surface area is 376 Å². The molecule has 7 rings (SSSR count). The second-order valence-corrected chi connectivity index (χ2v) is 17.7. The Morgan fingerprint density at radius 1 is 0.710 bits per heavy atom. The molecule has 0 unspecified atom stereocenters. The van der Waals surface area contributed by atoms with Crippen LogP contribution in [0.25, 0.3) is 0 Å². The fraction of sp³-hybridized carbons (Fsp3) is 0.449. The number of nitro groups is 2. The number of fused-ring (bicyclic) bond motifs is 2. The largest absolute Gasteiger partial charge is 1.00 e. The van der Waals surface area contributed by atoms with E-state index in [4.69, 9.17) is 0 Å². The lowest BCUT2D eigenvalue weighted by atomic mass is 9.80. The number of benzene rings is 2. The Morgan fingerprint density at radius 2 is 1.29 bits per heavy atom. The number of halogens is 1. The van der Waals surface area contributed by atoms with E-state index in [-0.39, 0.29) is 39.7 Å². The molecule has 4 aromatic rings. The van der Waals surface area contributed by atoms with Gasteiger partial charge in [-0.25, -0.2) is 9.13 Å². The van der Waals surface area contributed by atoms with Gasteiger partial charge in [-0.05, 0) is 110 Å². The molecule has 1 aliphatic carbocycles. The quantitative estimate of drug-likeness (QED) is 0.0400. The number of unbranched alkanes of at least 4 members (excludes halogenated alkanes) is 6. The fourth-order valence-electron chi connectivity index (χ4n) is 9.70. The Morgan fingerprint density at radius 3 is 1.94 bits per heavy atom. The Bertz CT molecular complexity index is 2420. The summed E-state index contributed by atoms with van der Waals surface area (Å²) in [5, 5.41) is 22.5. The molecular formula is C49H61BrN8O4. The third-order valence-electron chi connectivity index (χ3n) is 13.1. The molecule has 0 bridgehead atoms. The van der Waals surface area contributed by atoms with Crippen LogP contribution in [0.5, 0.6) is 0 Å². The molecule has 0 fully saturated rings. The van der Waals surface area contributed by atoms with Crippen LogP contribution in [0.3, 0.4) is 0 Å². The van der Waals surface area contributed by atoms with Gasteiger partial charge in [0.25, 0.3) is 0 Å². The summed E-state index contributed by atoms with van der Waals surface area (Å²) in [6.07, 6.45) is 27.1. The van der Waals surface area contributed by atoms with Crippen molar-refractivity contribution in [3.05, 3.63) is 151 Å². The third kappa shape index (κ3) is 9.78. The van der Waals surface area contributed by atoms with Crippen LogP contribution in [0.15, 0.2) is 120 Å². The number of aryl methyl sites for hydroxylation is 2. The maximum Gasteiger partial charge on any atom is 0.434 e. The Kier molecular flexibility index (Phi) is 15.0. The highest BCUT2D eigenvalue weighted by Gasteiger charge is 2.44.